The average molecular weight is 362 g/mol. The molecule has 22 heavy (non-hydrogen) atoms. The van der Waals surface area contributed by atoms with E-state index in [4.69, 9.17) is 0 Å². The largest absolute Gasteiger partial charge is 0.341 e. The summed E-state index contributed by atoms with van der Waals surface area (Å²) in [7, 11) is 0. The molecule has 1 amide bonds. The second-order valence-corrected chi connectivity index (χ2v) is 6.22. The minimum absolute atomic E-state index is 0.00318. The highest BCUT2D eigenvalue weighted by Crippen LogP contribution is 2.18. The van der Waals surface area contributed by atoms with Crippen molar-refractivity contribution in [3.63, 3.8) is 0 Å². The molecule has 0 unspecified atom stereocenters. The molecule has 0 atom stereocenters. The fraction of sp³-hybridized carbons (Fsp3) is 0.312. The van der Waals surface area contributed by atoms with Crippen molar-refractivity contribution < 1.29 is 4.79 Å². The number of hydrogen-bond acceptors (Lipinski definition) is 3. The lowest BCUT2D eigenvalue weighted by Gasteiger charge is -2.15. The molecule has 1 saturated heterocycles. The van der Waals surface area contributed by atoms with Gasteiger partial charge in [0.1, 0.15) is 6.54 Å². The van der Waals surface area contributed by atoms with Gasteiger partial charge in [-0.25, -0.2) is 4.68 Å². The Labute approximate surface area is 136 Å². The fourth-order valence-electron chi connectivity index (χ4n) is 2.53. The number of nitrogens with zero attached hydrogens (tertiary/aromatic N) is 3. The summed E-state index contributed by atoms with van der Waals surface area (Å²) in [5, 5.41) is 4.32. The van der Waals surface area contributed by atoms with Crippen molar-refractivity contribution in [2.75, 3.05) is 13.1 Å². The first-order valence-corrected chi connectivity index (χ1v) is 8.05. The summed E-state index contributed by atoms with van der Waals surface area (Å²) in [6.07, 6.45) is 2.07. The summed E-state index contributed by atoms with van der Waals surface area (Å²) >= 11 is 3.39. The van der Waals surface area contributed by atoms with Gasteiger partial charge in [-0.3, -0.25) is 9.59 Å². The van der Waals surface area contributed by atoms with Gasteiger partial charge in [0, 0.05) is 29.2 Å². The van der Waals surface area contributed by atoms with Gasteiger partial charge in [0.15, 0.2) is 0 Å². The van der Waals surface area contributed by atoms with E-state index in [-0.39, 0.29) is 18.0 Å². The van der Waals surface area contributed by atoms with Gasteiger partial charge in [0.25, 0.3) is 5.56 Å². The Balaban J connectivity index is 1.85. The monoisotopic (exact) mass is 361 g/mol. The number of benzene rings is 1. The van der Waals surface area contributed by atoms with Gasteiger partial charge in [-0.1, -0.05) is 28.1 Å². The third kappa shape index (κ3) is 3.27. The van der Waals surface area contributed by atoms with E-state index in [0.29, 0.717) is 5.69 Å². The lowest BCUT2D eigenvalue weighted by atomic mass is 10.1. The topological polar surface area (TPSA) is 55.2 Å². The summed E-state index contributed by atoms with van der Waals surface area (Å²) in [4.78, 5) is 25.9. The Bertz CT molecular complexity index is 734. The van der Waals surface area contributed by atoms with E-state index >= 15 is 0 Å². The SMILES string of the molecule is O=C(Cn1nc(-c2ccc(Br)cc2)ccc1=O)N1CCCC1. The molecular formula is C16H16BrN3O2. The Hall–Kier alpha value is -1.95. The molecule has 1 fully saturated rings. The maximum Gasteiger partial charge on any atom is 0.267 e. The lowest BCUT2D eigenvalue weighted by Crippen LogP contribution is -2.35. The first-order valence-electron chi connectivity index (χ1n) is 7.25. The van der Waals surface area contributed by atoms with Crippen LogP contribution in [0.5, 0.6) is 0 Å². The third-order valence-electron chi connectivity index (χ3n) is 3.75. The second-order valence-electron chi connectivity index (χ2n) is 5.31. The highest BCUT2D eigenvalue weighted by molar-refractivity contribution is 9.10. The molecule has 0 bridgehead atoms. The van der Waals surface area contributed by atoms with E-state index in [2.05, 4.69) is 21.0 Å². The number of carbonyl (C=O) groups excluding carboxylic acids is 1. The molecule has 1 aliphatic heterocycles. The quantitative estimate of drug-likeness (QED) is 0.842. The molecule has 5 nitrogen and oxygen atoms in total. The van der Waals surface area contributed by atoms with Crippen LogP contribution >= 0.6 is 15.9 Å². The Morgan fingerprint density at radius 3 is 2.45 bits per heavy atom. The fourth-order valence-corrected chi connectivity index (χ4v) is 2.80. The van der Waals surface area contributed by atoms with Crippen LogP contribution in [0, 0.1) is 0 Å². The van der Waals surface area contributed by atoms with Crippen molar-refractivity contribution in [1.82, 2.24) is 14.7 Å². The number of aromatic nitrogens is 2. The van der Waals surface area contributed by atoms with E-state index in [1.807, 2.05) is 24.3 Å². The van der Waals surface area contributed by atoms with Gasteiger partial charge in [-0.05, 0) is 31.0 Å². The lowest BCUT2D eigenvalue weighted by molar-refractivity contribution is -0.131. The molecule has 6 heteroatoms. The summed E-state index contributed by atoms with van der Waals surface area (Å²) in [6.45, 7) is 1.56. The van der Waals surface area contributed by atoms with Crippen molar-refractivity contribution >= 4 is 21.8 Å². The van der Waals surface area contributed by atoms with Crippen molar-refractivity contribution in [3.05, 3.63) is 51.2 Å². The molecule has 2 aromatic rings. The summed E-state index contributed by atoms with van der Waals surface area (Å²) in [5.41, 5.74) is 1.33. The van der Waals surface area contributed by atoms with Crippen LogP contribution in [0.2, 0.25) is 0 Å². The van der Waals surface area contributed by atoms with Gasteiger partial charge in [0.2, 0.25) is 5.91 Å². The first-order chi connectivity index (χ1) is 10.6. The molecular weight excluding hydrogens is 346 g/mol. The summed E-state index contributed by atoms with van der Waals surface area (Å²) in [5.74, 6) is -0.0416. The zero-order valence-electron chi connectivity index (χ0n) is 12.0. The van der Waals surface area contributed by atoms with Crippen LogP contribution in [0.25, 0.3) is 11.3 Å². The van der Waals surface area contributed by atoms with E-state index in [1.165, 1.54) is 10.7 Å². The maximum absolute atomic E-state index is 12.2. The Morgan fingerprint density at radius 1 is 1.09 bits per heavy atom. The van der Waals surface area contributed by atoms with Gasteiger partial charge in [-0.2, -0.15) is 5.10 Å². The Kier molecular flexibility index (Phi) is 4.38. The van der Waals surface area contributed by atoms with E-state index in [9.17, 15) is 9.59 Å². The average Bonchev–Trinajstić information content (AvgIpc) is 3.05. The van der Waals surface area contributed by atoms with Crippen LogP contribution < -0.4 is 5.56 Å². The highest BCUT2D eigenvalue weighted by atomic mass is 79.9. The van der Waals surface area contributed by atoms with Gasteiger partial charge in [-0.15, -0.1) is 0 Å². The van der Waals surface area contributed by atoms with Gasteiger partial charge in [0.05, 0.1) is 5.69 Å². The molecule has 1 aromatic heterocycles. The van der Waals surface area contributed by atoms with Crippen LogP contribution in [-0.4, -0.2) is 33.7 Å². The molecule has 0 aliphatic carbocycles. The van der Waals surface area contributed by atoms with Crippen molar-refractivity contribution in [2.45, 2.75) is 19.4 Å². The number of hydrogen-bond donors (Lipinski definition) is 0. The number of carbonyl (C=O) groups is 1. The smallest absolute Gasteiger partial charge is 0.267 e. The molecule has 0 radical (unpaired) electrons. The zero-order valence-corrected chi connectivity index (χ0v) is 13.6. The number of halogens is 1. The van der Waals surface area contributed by atoms with Crippen molar-refractivity contribution in [1.29, 1.82) is 0 Å². The van der Waals surface area contributed by atoms with Gasteiger partial charge < -0.3 is 4.90 Å². The van der Waals surface area contributed by atoms with Crippen LogP contribution in [0.1, 0.15) is 12.8 Å². The maximum atomic E-state index is 12.2. The zero-order chi connectivity index (χ0) is 15.5. The minimum Gasteiger partial charge on any atom is -0.341 e. The van der Waals surface area contributed by atoms with Crippen molar-refractivity contribution in [2.24, 2.45) is 0 Å². The number of rotatable bonds is 3. The Morgan fingerprint density at radius 2 is 1.77 bits per heavy atom. The molecule has 3 rings (SSSR count). The summed E-state index contributed by atoms with van der Waals surface area (Å²) in [6, 6.07) is 10.8. The molecule has 1 aromatic carbocycles. The standard InChI is InChI=1S/C16H16BrN3O2/c17-13-5-3-12(4-6-13)14-7-8-15(21)20(18-14)11-16(22)19-9-1-2-10-19/h3-8H,1-2,9-11H2. The van der Waals surface area contributed by atoms with E-state index in [0.717, 1.165) is 36.0 Å². The van der Waals surface area contributed by atoms with Crippen LogP contribution in [0.3, 0.4) is 0 Å². The second kappa shape index (κ2) is 6.44. The minimum atomic E-state index is -0.256. The van der Waals surface area contributed by atoms with Crippen molar-refractivity contribution in [3.8, 4) is 11.3 Å². The number of amides is 1. The van der Waals surface area contributed by atoms with E-state index < -0.39 is 0 Å². The predicted molar refractivity (Wildman–Crippen MR) is 87.4 cm³/mol. The molecule has 0 saturated carbocycles. The molecule has 0 spiro atoms. The highest BCUT2D eigenvalue weighted by Gasteiger charge is 2.19. The first kappa shape index (κ1) is 15.0. The van der Waals surface area contributed by atoms with Crippen LogP contribution in [-0.2, 0) is 11.3 Å². The van der Waals surface area contributed by atoms with Gasteiger partial charge >= 0.3 is 0 Å². The third-order valence-corrected chi connectivity index (χ3v) is 4.28. The molecule has 2 heterocycles. The number of likely N-dealkylation sites (tertiary alicyclic amines) is 1. The molecule has 0 N–H and O–H groups in total. The van der Waals surface area contributed by atoms with Crippen LogP contribution in [0.15, 0.2) is 45.7 Å². The van der Waals surface area contributed by atoms with E-state index in [1.54, 1.807) is 11.0 Å². The molecule has 114 valence electrons. The van der Waals surface area contributed by atoms with Crippen LogP contribution in [0.4, 0.5) is 0 Å². The summed E-state index contributed by atoms with van der Waals surface area (Å²) < 4.78 is 2.23. The molecule has 1 aliphatic rings. The normalized spacial score (nSPS) is 14.3. The predicted octanol–water partition coefficient (Wildman–Crippen LogP) is 2.30.